The van der Waals surface area contributed by atoms with Crippen LogP contribution in [-0.2, 0) is 14.8 Å². The lowest BCUT2D eigenvalue weighted by atomic mass is 10.2. The Labute approximate surface area is 178 Å². The lowest BCUT2D eigenvalue weighted by Crippen LogP contribution is -2.28. The first-order valence-corrected chi connectivity index (χ1v) is 11.8. The fraction of sp³-hybridized carbons (Fsp3) is 0.368. The normalized spacial score (nSPS) is 14.7. The maximum absolute atomic E-state index is 12.8. The molecule has 0 bridgehead atoms. The van der Waals surface area contributed by atoms with Gasteiger partial charge in [0.2, 0.25) is 10.0 Å². The van der Waals surface area contributed by atoms with Gasteiger partial charge in [-0.15, -0.1) is 11.3 Å². The minimum absolute atomic E-state index is 0.0310. The van der Waals surface area contributed by atoms with Crippen LogP contribution in [0.25, 0.3) is 0 Å². The first-order valence-electron chi connectivity index (χ1n) is 9.12. The Hall–Kier alpha value is -1.94. The van der Waals surface area contributed by atoms with E-state index in [1.54, 1.807) is 19.9 Å². The largest absolute Gasteiger partial charge is 0.462 e. The molecule has 0 aliphatic carbocycles. The Morgan fingerprint density at radius 1 is 1.24 bits per heavy atom. The van der Waals surface area contributed by atoms with Crippen molar-refractivity contribution in [2.45, 2.75) is 31.6 Å². The first kappa shape index (κ1) is 21.8. The Kier molecular flexibility index (Phi) is 6.62. The highest BCUT2D eigenvalue weighted by Crippen LogP contribution is 2.30. The Bertz CT molecular complexity index is 1040. The zero-order valence-electron chi connectivity index (χ0n) is 16.0. The van der Waals surface area contributed by atoms with Crippen molar-refractivity contribution in [3.63, 3.8) is 0 Å². The number of ether oxygens (including phenoxy) is 1. The van der Waals surface area contributed by atoms with Gasteiger partial charge >= 0.3 is 5.97 Å². The molecule has 7 nitrogen and oxygen atoms in total. The topological polar surface area (TPSA) is 92.8 Å². The average molecular weight is 457 g/mol. The molecule has 156 valence electrons. The first-order chi connectivity index (χ1) is 13.7. The smallest absolute Gasteiger partial charge is 0.348 e. The molecule has 0 unspecified atom stereocenters. The van der Waals surface area contributed by atoms with Crippen LogP contribution in [0.5, 0.6) is 0 Å². The van der Waals surface area contributed by atoms with Crippen molar-refractivity contribution in [1.29, 1.82) is 0 Å². The van der Waals surface area contributed by atoms with Crippen LogP contribution in [0.15, 0.2) is 29.2 Å². The third-order valence-corrected chi connectivity index (χ3v) is 7.86. The van der Waals surface area contributed by atoms with Gasteiger partial charge in [-0.1, -0.05) is 11.6 Å². The standard InChI is InChI=1S/C19H21ClN2O5S2/c1-3-27-19(24)17-12(2)10-16(28-17)21-18(23)14-11-13(6-7-15(14)20)29(25,26)22-8-4-5-9-22/h6-7,10-11H,3-5,8-9H2,1-2H3,(H,21,23). The van der Waals surface area contributed by atoms with Crippen LogP contribution in [0.4, 0.5) is 5.00 Å². The number of benzene rings is 1. The third-order valence-electron chi connectivity index (χ3n) is 4.50. The predicted octanol–water partition coefficient (Wildman–Crippen LogP) is 3.92. The molecule has 1 amide bonds. The number of sulfonamides is 1. The van der Waals surface area contributed by atoms with Crippen LogP contribution in [0.1, 0.15) is 45.4 Å². The summed E-state index contributed by atoms with van der Waals surface area (Å²) in [4.78, 5) is 25.1. The Balaban J connectivity index is 1.84. The highest BCUT2D eigenvalue weighted by molar-refractivity contribution is 7.89. The summed E-state index contributed by atoms with van der Waals surface area (Å²) in [5, 5.41) is 3.27. The number of anilines is 1. The van der Waals surface area contributed by atoms with Crippen LogP contribution >= 0.6 is 22.9 Å². The van der Waals surface area contributed by atoms with E-state index in [2.05, 4.69) is 5.32 Å². The lowest BCUT2D eigenvalue weighted by molar-refractivity contribution is 0.0531. The fourth-order valence-electron chi connectivity index (χ4n) is 3.04. The van der Waals surface area contributed by atoms with Gasteiger partial charge in [0.15, 0.2) is 0 Å². The summed E-state index contributed by atoms with van der Waals surface area (Å²) in [5.41, 5.74) is 0.732. The number of nitrogens with zero attached hydrogens (tertiary/aromatic N) is 1. The summed E-state index contributed by atoms with van der Waals surface area (Å²) < 4.78 is 31.9. The van der Waals surface area contributed by atoms with Gasteiger partial charge in [0.25, 0.3) is 5.91 Å². The third kappa shape index (κ3) is 4.63. The second-order valence-corrected chi connectivity index (χ2v) is 9.95. The van der Waals surface area contributed by atoms with Crippen molar-refractivity contribution >= 4 is 49.8 Å². The summed E-state index contributed by atoms with van der Waals surface area (Å²) in [6, 6.07) is 5.76. The number of thiophene rings is 1. The van der Waals surface area contributed by atoms with Crippen molar-refractivity contribution in [2.24, 2.45) is 0 Å². The molecule has 3 rings (SSSR count). The molecule has 1 N–H and O–H groups in total. The van der Waals surface area contributed by atoms with E-state index in [0.717, 1.165) is 24.2 Å². The molecule has 0 saturated carbocycles. The number of halogens is 1. The number of rotatable bonds is 6. The van der Waals surface area contributed by atoms with E-state index >= 15 is 0 Å². The molecule has 0 atom stereocenters. The van der Waals surface area contributed by atoms with E-state index in [-0.39, 0.29) is 22.1 Å². The molecule has 1 fully saturated rings. The molecular formula is C19H21ClN2O5S2. The van der Waals surface area contributed by atoms with Gasteiger partial charge < -0.3 is 10.1 Å². The van der Waals surface area contributed by atoms with Crippen LogP contribution in [0, 0.1) is 6.92 Å². The van der Waals surface area contributed by atoms with Gasteiger partial charge in [-0.05, 0) is 56.5 Å². The Morgan fingerprint density at radius 3 is 2.59 bits per heavy atom. The highest BCUT2D eigenvalue weighted by Gasteiger charge is 2.28. The molecule has 0 spiro atoms. The van der Waals surface area contributed by atoms with Gasteiger partial charge in [0.1, 0.15) is 4.88 Å². The molecule has 2 heterocycles. The van der Waals surface area contributed by atoms with Crippen molar-refractivity contribution in [2.75, 3.05) is 25.0 Å². The van der Waals surface area contributed by atoms with E-state index in [1.807, 2.05) is 0 Å². The summed E-state index contributed by atoms with van der Waals surface area (Å²) in [6.07, 6.45) is 1.64. The molecule has 29 heavy (non-hydrogen) atoms. The fourth-order valence-corrected chi connectivity index (χ4v) is 5.75. The number of carbonyl (C=O) groups is 2. The predicted molar refractivity (Wildman–Crippen MR) is 112 cm³/mol. The number of aryl methyl sites for hydroxylation is 1. The van der Waals surface area contributed by atoms with E-state index in [1.165, 1.54) is 22.5 Å². The van der Waals surface area contributed by atoms with E-state index in [0.29, 0.717) is 28.5 Å². The SMILES string of the molecule is CCOC(=O)c1sc(NC(=O)c2cc(S(=O)(=O)N3CCCC3)ccc2Cl)cc1C. The van der Waals surface area contributed by atoms with Crippen molar-refractivity contribution in [3.05, 3.63) is 45.3 Å². The monoisotopic (exact) mass is 456 g/mol. The van der Waals surface area contributed by atoms with Crippen LogP contribution < -0.4 is 5.32 Å². The summed E-state index contributed by atoms with van der Waals surface area (Å²) in [5.74, 6) is -1.00. The molecule has 0 radical (unpaired) electrons. The molecule has 1 aromatic heterocycles. The van der Waals surface area contributed by atoms with Crippen LogP contribution in [-0.4, -0.2) is 44.3 Å². The Morgan fingerprint density at radius 2 is 1.93 bits per heavy atom. The molecule has 1 aliphatic rings. The van der Waals surface area contributed by atoms with E-state index in [9.17, 15) is 18.0 Å². The maximum Gasteiger partial charge on any atom is 0.348 e. The van der Waals surface area contributed by atoms with Crippen molar-refractivity contribution in [3.8, 4) is 0 Å². The number of hydrogen-bond donors (Lipinski definition) is 1. The van der Waals surface area contributed by atoms with Crippen molar-refractivity contribution < 1.29 is 22.7 Å². The highest BCUT2D eigenvalue weighted by atomic mass is 35.5. The minimum atomic E-state index is -3.67. The quantitative estimate of drug-likeness (QED) is 0.665. The number of carbonyl (C=O) groups excluding carboxylic acids is 2. The van der Waals surface area contributed by atoms with Crippen LogP contribution in [0.3, 0.4) is 0 Å². The van der Waals surface area contributed by atoms with Gasteiger partial charge in [-0.25, -0.2) is 13.2 Å². The van der Waals surface area contributed by atoms with E-state index < -0.39 is 21.9 Å². The van der Waals surface area contributed by atoms with Gasteiger partial charge in [0, 0.05) is 13.1 Å². The minimum Gasteiger partial charge on any atom is -0.462 e. The maximum atomic E-state index is 12.8. The van der Waals surface area contributed by atoms with Crippen LogP contribution in [0.2, 0.25) is 5.02 Å². The number of esters is 1. The zero-order valence-corrected chi connectivity index (χ0v) is 18.4. The molecule has 10 heteroatoms. The second kappa shape index (κ2) is 8.83. The molecule has 1 aromatic carbocycles. The summed E-state index contributed by atoms with van der Waals surface area (Å²) in [6.45, 7) is 4.66. The number of nitrogens with one attached hydrogen (secondary N) is 1. The zero-order chi connectivity index (χ0) is 21.2. The molecular weight excluding hydrogens is 436 g/mol. The molecule has 2 aromatic rings. The van der Waals surface area contributed by atoms with E-state index in [4.69, 9.17) is 16.3 Å². The average Bonchev–Trinajstić information content (AvgIpc) is 3.32. The number of hydrogen-bond acceptors (Lipinski definition) is 6. The second-order valence-electron chi connectivity index (χ2n) is 6.55. The van der Waals surface area contributed by atoms with Gasteiger partial charge in [0.05, 0.1) is 27.1 Å². The molecule has 1 aliphatic heterocycles. The summed E-state index contributed by atoms with van der Waals surface area (Å²) >= 11 is 7.25. The van der Waals surface area contributed by atoms with Gasteiger partial charge in [-0.2, -0.15) is 4.31 Å². The summed E-state index contributed by atoms with van der Waals surface area (Å²) in [7, 11) is -3.67. The number of amides is 1. The molecule has 1 saturated heterocycles. The van der Waals surface area contributed by atoms with Crippen molar-refractivity contribution in [1.82, 2.24) is 4.31 Å². The lowest BCUT2D eigenvalue weighted by Gasteiger charge is -2.16. The van der Waals surface area contributed by atoms with Gasteiger partial charge in [-0.3, -0.25) is 4.79 Å².